The molecule has 9 heteroatoms. The van der Waals surface area contributed by atoms with E-state index in [-0.39, 0.29) is 38.4 Å². The monoisotopic (exact) mass is 385 g/mol. The third kappa shape index (κ3) is 3.80. The number of para-hydroxylation sites is 1. The summed E-state index contributed by atoms with van der Waals surface area (Å²) >= 11 is 11.6. The molecule has 0 bridgehead atoms. The van der Waals surface area contributed by atoms with Crippen molar-refractivity contribution in [3.63, 3.8) is 0 Å². The van der Waals surface area contributed by atoms with Gasteiger partial charge in [0.2, 0.25) is 0 Å². The lowest BCUT2D eigenvalue weighted by molar-refractivity contribution is 0.0952. The molecule has 126 valence electrons. The summed E-state index contributed by atoms with van der Waals surface area (Å²) in [5.41, 5.74) is 0.410. The first-order valence-electron chi connectivity index (χ1n) is 7.11. The lowest BCUT2D eigenvalue weighted by Crippen LogP contribution is -2.27. The summed E-state index contributed by atoms with van der Waals surface area (Å²) in [6.45, 7) is 0. The molecular weight excluding hydrogens is 373 g/mol. The second-order valence-electron chi connectivity index (χ2n) is 5.32. The Morgan fingerprint density at radius 2 is 1.83 bits per heavy atom. The van der Waals surface area contributed by atoms with E-state index in [1.54, 1.807) is 18.2 Å². The molecule has 1 aliphatic rings. The molecule has 1 fully saturated rings. The molecule has 1 aliphatic carbocycles. The summed E-state index contributed by atoms with van der Waals surface area (Å²) in [5, 5.41) is 2.67. The molecule has 24 heavy (non-hydrogen) atoms. The summed E-state index contributed by atoms with van der Waals surface area (Å²) in [7, 11) is -4.01. The average molecular weight is 386 g/mol. The Kier molecular flexibility index (Phi) is 4.67. The fourth-order valence-electron chi connectivity index (χ4n) is 2.06. The fourth-order valence-corrected chi connectivity index (χ4v) is 3.80. The normalized spacial score (nSPS) is 14.2. The maximum absolute atomic E-state index is 12.5. The Bertz CT molecular complexity index is 899. The number of amides is 1. The Morgan fingerprint density at radius 3 is 2.50 bits per heavy atom. The number of carbonyl (C=O) groups excluding carboxylic acids is 1. The highest BCUT2D eigenvalue weighted by atomic mass is 35.5. The minimum Gasteiger partial charge on any atom is -0.349 e. The number of sulfonamides is 1. The molecule has 1 aromatic carbocycles. The van der Waals surface area contributed by atoms with Gasteiger partial charge in [-0.15, -0.1) is 0 Å². The van der Waals surface area contributed by atoms with Gasteiger partial charge in [0, 0.05) is 6.04 Å². The first kappa shape index (κ1) is 17.0. The van der Waals surface area contributed by atoms with Gasteiger partial charge in [-0.05, 0) is 37.1 Å². The summed E-state index contributed by atoms with van der Waals surface area (Å²) in [6, 6.07) is 9.11. The molecule has 2 aromatic rings. The predicted octanol–water partition coefficient (Wildman–Crippen LogP) is 3.08. The molecule has 1 saturated carbocycles. The van der Waals surface area contributed by atoms with Crippen LogP contribution in [0.3, 0.4) is 0 Å². The molecule has 1 heterocycles. The molecule has 1 amide bonds. The van der Waals surface area contributed by atoms with Gasteiger partial charge in [-0.2, -0.15) is 0 Å². The van der Waals surface area contributed by atoms with Crippen molar-refractivity contribution >= 4 is 44.8 Å². The molecule has 0 radical (unpaired) electrons. The summed E-state index contributed by atoms with van der Waals surface area (Å²) in [6.07, 6.45) is 1.87. The molecule has 0 spiro atoms. The van der Waals surface area contributed by atoms with Crippen molar-refractivity contribution in [3.8, 4) is 0 Å². The van der Waals surface area contributed by atoms with Crippen molar-refractivity contribution in [1.29, 1.82) is 0 Å². The second kappa shape index (κ2) is 6.58. The number of hydrogen-bond donors (Lipinski definition) is 2. The number of hydrogen-bond acceptors (Lipinski definition) is 4. The molecule has 1 aromatic heterocycles. The molecule has 3 rings (SSSR count). The highest BCUT2D eigenvalue weighted by Crippen LogP contribution is 2.26. The van der Waals surface area contributed by atoms with Crippen molar-refractivity contribution < 1.29 is 13.2 Å². The summed E-state index contributed by atoms with van der Waals surface area (Å²) < 4.78 is 27.4. The van der Waals surface area contributed by atoms with Crippen molar-refractivity contribution in [2.24, 2.45) is 0 Å². The molecular formula is C15H13Cl2N3O3S. The second-order valence-corrected chi connectivity index (χ2v) is 7.72. The van der Waals surface area contributed by atoms with Crippen LogP contribution in [0, 0.1) is 0 Å². The predicted molar refractivity (Wildman–Crippen MR) is 92.0 cm³/mol. The summed E-state index contributed by atoms with van der Waals surface area (Å²) in [5.74, 6) is -0.323. The van der Waals surface area contributed by atoms with Gasteiger partial charge < -0.3 is 5.32 Å². The van der Waals surface area contributed by atoms with Crippen LogP contribution in [0.4, 0.5) is 5.69 Å². The Labute approximate surface area is 149 Å². The van der Waals surface area contributed by atoms with Crippen molar-refractivity contribution in [2.45, 2.75) is 23.8 Å². The van der Waals surface area contributed by atoms with Gasteiger partial charge in [0.05, 0.1) is 11.3 Å². The van der Waals surface area contributed by atoms with Crippen LogP contribution in [-0.4, -0.2) is 25.4 Å². The number of nitrogens with one attached hydrogen (secondary N) is 2. The van der Waals surface area contributed by atoms with E-state index in [4.69, 9.17) is 23.2 Å². The van der Waals surface area contributed by atoms with Crippen LogP contribution < -0.4 is 10.0 Å². The SMILES string of the molecule is O=C(NC1CC1)c1ccccc1NS(=O)(=O)c1ccc(Cl)nc1Cl. The van der Waals surface area contributed by atoms with E-state index in [1.807, 2.05) is 0 Å². The number of anilines is 1. The third-order valence-corrected chi connectivity index (χ3v) is 5.41. The van der Waals surface area contributed by atoms with E-state index < -0.39 is 10.0 Å². The molecule has 0 unspecified atom stereocenters. The van der Waals surface area contributed by atoms with Gasteiger partial charge in [0.25, 0.3) is 15.9 Å². The lowest BCUT2D eigenvalue weighted by atomic mass is 10.1. The number of nitrogens with zero attached hydrogens (tertiary/aromatic N) is 1. The maximum atomic E-state index is 12.5. The molecule has 6 nitrogen and oxygen atoms in total. The number of benzene rings is 1. The number of halogens is 2. The van der Waals surface area contributed by atoms with Crippen LogP contribution >= 0.6 is 23.2 Å². The van der Waals surface area contributed by atoms with Gasteiger partial charge >= 0.3 is 0 Å². The molecule has 0 saturated heterocycles. The number of pyridine rings is 1. The van der Waals surface area contributed by atoms with Gasteiger partial charge in [-0.1, -0.05) is 35.3 Å². The van der Waals surface area contributed by atoms with Gasteiger partial charge in [-0.25, -0.2) is 13.4 Å². The van der Waals surface area contributed by atoms with Crippen LogP contribution in [-0.2, 0) is 10.0 Å². The van der Waals surface area contributed by atoms with E-state index in [0.717, 1.165) is 12.8 Å². The van der Waals surface area contributed by atoms with Crippen LogP contribution in [0.5, 0.6) is 0 Å². The fraction of sp³-hybridized carbons (Fsp3) is 0.200. The zero-order valence-corrected chi connectivity index (χ0v) is 14.6. The third-order valence-electron chi connectivity index (χ3n) is 3.40. The largest absolute Gasteiger partial charge is 0.349 e. The van der Waals surface area contributed by atoms with Crippen LogP contribution in [0.2, 0.25) is 10.3 Å². The average Bonchev–Trinajstić information content (AvgIpc) is 3.30. The van der Waals surface area contributed by atoms with E-state index in [1.165, 1.54) is 18.2 Å². The number of carbonyl (C=O) groups is 1. The lowest BCUT2D eigenvalue weighted by Gasteiger charge is -2.13. The van der Waals surface area contributed by atoms with E-state index in [9.17, 15) is 13.2 Å². The highest BCUT2D eigenvalue weighted by molar-refractivity contribution is 7.92. The van der Waals surface area contributed by atoms with Crippen LogP contribution in [0.25, 0.3) is 0 Å². The summed E-state index contributed by atoms with van der Waals surface area (Å²) in [4.78, 5) is 15.8. The Morgan fingerprint density at radius 1 is 1.12 bits per heavy atom. The minimum absolute atomic E-state index is 0.0863. The van der Waals surface area contributed by atoms with E-state index in [2.05, 4.69) is 15.0 Å². The Balaban J connectivity index is 1.91. The zero-order chi connectivity index (χ0) is 17.3. The van der Waals surface area contributed by atoms with Gasteiger partial charge in [0.1, 0.15) is 10.0 Å². The number of aromatic nitrogens is 1. The smallest absolute Gasteiger partial charge is 0.264 e. The standard InChI is InChI=1S/C15H13Cl2N3O3S/c16-13-8-7-12(14(17)19-13)24(22,23)20-11-4-2-1-3-10(11)15(21)18-9-5-6-9/h1-4,7-9,20H,5-6H2,(H,18,21). The highest BCUT2D eigenvalue weighted by Gasteiger charge is 2.26. The van der Waals surface area contributed by atoms with Crippen LogP contribution in [0.1, 0.15) is 23.2 Å². The molecule has 2 N–H and O–H groups in total. The Hall–Kier alpha value is -1.83. The maximum Gasteiger partial charge on any atom is 0.264 e. The zero-order valence-electron chi connectivity index (χ0n) is 12.3. The van der Waals surface area contributed by atoms with E-state index >= 15 is 0 Å². The number of rotatable bonds is 5. The van der Waals surface area contributed by atoms with Crippen LogP contribution in [0.15, 0.2) is 41.3 Å². The van der Waals surface area contributed by atoms with Crippen molar-refractivity contribution in [1.82, 2.24) is 10.3 Å². The van der Waals surface area contributed by atoms with Gasteiger partial charge in [0.15, 0.2) is 5.15 Å². The molecule has 0 aliphatic heterocycles. The first-order chi connectivity index (χ1) is 11.4. The minimum atomic E-state index is -4.01. The van der Waals surface area contributed by atoms with Crippen molar-refractivity contribution in [2.75, 3.05) is 4.72 Å². The quantitative estimate of drug-likeness (QED) is 0.773. The van der Waals surface area contributed by atoms with E-state index in [0.29, 0.717) is 0 Å². The first-order valence-corrected chi connectivity index (χ1v) is 9.35. The molecule has 0 atom stereocenters. The topological polar surface area (TPSA) is 88.2 Å². The van der Waals surface area contributed by atoms with Gasteiger partial charge in [-0.3, -0.25) is 9.52 Å². The van der Waals surface area contributed by atoms with Crippen molar-refractivity contribution in [3.05, 3.63) is 52.3 Å².